The van der Waals surface area contributed by atoms with Crippen LogP contribution in [-0.4, -0.2) is 31.1 Å². The molecule has 0 saturated carbocycles. The molecule has 0 bridgehead atoms. The molecule has 3 aromatic carbocycles. The molecule has 0 spiro atoms. The van der Waals surface area contributed by atoms with Gasteiger partial charge in [0, 0.05) is 6.54 Å². The minimum atomic E-state index is -0.111. The molecular weight excluding hydrogens is 402 g/mol. The molecule has 0 aliphatic carbocycles. The van der Waals surface area contributed by atoms with Crippen LogP contribution in [0, 0.1) is 0 Å². The van der Waals surface area contributed by atoms with Crippen molar-refractivity contribution >= 4 is 23.3 Å². The molecule has 0 radical (unpaired) electrons. The number of halogens is 1. The van der Waals surface area contributed by atoms with Gasteiger partial charge >= 0.3 is 0 Å². The van der Waals surface area contributed by atoms with Crippen LogP contribution < -0.4 is 4.74 Å². The Morgan fingerprint density at radius 2 is 1.48 bits per heavy atom. The Morgan fingerprint density at radius 1 is 0.871 bits per heavy atom. The summed E-state index contributed by atoms with van der Waals surface area (Å²) < 4.78 is 5.91. The molecule has 1 unspecified atom stereocenters. The lowest BCUT2D eigenvalue weighted by Crippen LogP contribution is -2.27. The van der Waals surface area contributed by atoms with Gasteiger partial charge in [-0.1, -0.05) is 92.7 Å². The SMILES string of the molecule is CCN(CC)CCOc1ccc(C(Cl)CC(=Cc2ccccc2)c2ccccc2)cc1. The summed E-state index contributed by atoms with van der Waals surface area (Å²) in [6, 6.07) is 29.1. The Bertz CT molecular complexity index is 918. The van der Waals surface area contributed by atoms with Crippen molar-refractivity contribution in [2.45, 2.75) is 25.6 Å². The fourth-order valence-corrected chi connectivity index (χ4v) is 3.89. The van der Waals surface area contributed by atoms with Crippen LogP contribution in [0.2, 0.25) is 0 Å². The highest BCUT2D eigenvalue weighted by molar-refractivity contribution is 6.21. The van der Waals surface area contributed by atoms with Gasteiger partial charge in [0.25, 0.3) is 0 Å². The first-order valence-corrected chi connectivity index (χ1v) is 11.5. The van der Waals surface area contributed by atoms with Crippen LogP contribution in [0.25, 0.3) is 11.6 Å². The van der Waals surface area contributed by atoms with Crippen LogP contribution >= 0.6 is 11.6 Å². The number of hydrogen-bond donors (Lipinski definition) is 0. The Morgan fingerprint density at radius 3 is 2.10 bits per heavy atom. The lowest BCUT2D eigenvalue weighted by Gasteiger charge is -2.18. The molecule has 0 heterocycles. The zero-order valence-corrected chi connectivity index (χ0v) is 19.3. The molecule has 0 saturated heterocycles. The largest absolute Gasteiger partial charge is 0.492 e. The fourth-order valence-electron chi connectivity index (χ4n) is 3.58. The average molecular weight is 434 g/mol. The van der Waals surface area contributed by atoms with E-state index in [0.29, 0.717) is 6.61 Å². The van der Waals surface area contributed by atoms with E-state index in [1.165, 1.54) is 16.7 Å². The molecule has 0 fully saturated rings. The molecule has 0 aliphatic rings. The molecule has 0 N–H and O–H groups in total. The summed E-state index contributed by atoms with van der Waals surface area (Å²) in [5, 5.41) is -0.111. The summed E-state index contributed by atoms with van der Waals surface area (Å²) in [6.07, 6.45) is 2.98. The summed E-state index contributed by atoms with van der Waals surface area (Å²) in [5.41, 5.74) is 4.72. The van der Waals surface area contributed by atoms with Gasteiger partial charge in [0.2, 0.25) is 0 Å². The molecule has 0 aromatic heterocycles. The van der Waals surface area contributed by atoms with Crippen LogP contribution in [0.1, 0.15) is 42.3 Å². The maximum absolute atomic E-state index is 6.86. The van der Waals surface area contributed by atoms with E-state index in [0.717, 1.165) is 37.4 Å². The molecule has 3 aromatic rings. The van der Waals surface area contributed by atoms with Gasteiger partial charge in [0.05, 0.1) is 5.38 Å². The Balaban J connectivity index is 1.67. The van der Waals surface area contributed by atoms with Crippen molar-refractivity contribution < 1.29 is 4.74 Å². The number of nitrogens with zero attached hydrogens (tertiary/aromatic N) is 1. The van der Waals surface area contributed by atoms with Crippen molar-refractivity contribution in [3.8, 4) is 5.75 Å². The standard InChI is InChI=1S/C28H32ClNO/c1-3-30(4-2)19-20-31-27-17-15-25(16-18-27)28(29)22-26(24-13-9-6-10-14-24)21-23-11-7-5-8-12-23/h5-18,21,28H,3-4,19-20,22H2,1-2H3. The van der Waals surface area contributed by atoms with Gasteiger partial charge in [-0.05, 0) is 53.9 Å². The second-order valence-corrected chi connectivity index (χ2v) is 8.09. The van der Waals surface area contributed by atoms with E-state index >= 15 is 0 Å². The number of hydrogen-bond acceptors (Lipinski definition) is 2. The summed E-state index contributed by atoms with van der Waals surface area (Å²) in [5.74, 6) is 0.892. The van der Waals surface area contributed by atoms with Crippen molar-refractivity contribution in [2.24, 2.45) is 0 Å². The Labute approximate surface area is 192 Å². The molecule has 0 aliphatic heterocycles. The number of likely N-dealkylation sites (N-methyl/N-ethyl adjacent to an activating group) is 1. The summed E-state index contributed by atoms with van der Waals surface area (Å²) in [6.45, 7) is 8.09. The third kappa shape index (κ3) is 7.27. The van der Waals surface area contributed by atoms with E-state index < -0.39 is 0 Å². The number of rotatable bonds is 11. The van der Waals surface area contributed by atoms with Crippen molar-refractivity contribution in [1.29, 1.82) is 0 Å². The lowest BCUT2D eigenvalue weighted by atomic mass is 9.96. The molecular formula is C28H32ClNO. The van der Waals surface area contributed by atoms with Gasteiger partial charge in [-0.15, -0.1) is 11.6 Å². The second-order valence-electron chi connectivity index (χ2n) is 7.56. The zero-order valence-electron chi connectivity index (χ0n) is 18.5. The molecule has 3 rings (SSSR count). The molecule has 0 amide bonds. The summed E-state index contributed by atoms with van der Waals surface area (Å²) in [7, 11) is 0. The van der Waals surface area contributed by atoms with Gasteiger partial charge in [-0.25, -0.2) is 0 Å². The lowest BCUT2D eigenvalue weighted by molar-refractivity contribution is 0.223. The summed E-state index contributed by atoms with van der Waals surface area (Å²) >= 11 is 6.86. The van der Waals surface area contributed by atoms with E-state index in [-0.39, 0.29) is 5.38 Å². The number of alkyl halides is 1. The first-order valence-electron chi connectivity index (χ1n) is 11.1. The number of benzene rings is 3. The normalized spacial score (nSPS) is 12.7. The van der Waals surface area contributed by atoms with Gasteiger partial charge in [0.15, 0.2) is 0 Å². The molecule has 2 nitrogen and oxygen atoms in total. The quantitative estimate of drug-likeness (QED) is 0.232. The van der Waals surface area contributed by atoms with Crippen molar-refractivity contribution in [1.82, 2.24) is 4.90 Å². The molecule has 31 heavy (non-hydrogen) atoms. The third-order valence-corrected chi connectivity index (χ3v) is 5.90. The smallest absolute Gasteiger partial charge is 0.119 e. The highest BCUT2D eigenvalue weighted by atomic mass is 35.5. The Kier molecular flexibility index (Phi) is 9.20. The fraction of sp³-hybridized carbons (Fsp3) is 0.286. The second kappa shape index (κ2) is 12.3. The van der Waals surface area contributed by atoms with E-state index in [9.17, 15) is 0 Å². The van der Waals surface area contributed by atoms with Crippen molar-refractivity contribution in [3.05, 3.63) is 102 Å². The summed E-state index contributed by atoms with van der Waals surface area (Å²) in [4.78, 5) is 2.35. The van der Waals surface area contributed by atoms with E-state index in [1.54, 1.807) is 0 Å². The average Bonchev–Trinajstić information content (AvgIpc) is 2.83. The van der Waals surface area contributed by atoms with E-state index in [2.05, 4.69) is 85.5 Å². The van der Waals surface area contributed by atoms with Crippen LogP contribution in [0.15, 0.2) is 84.9 Å². The predicted octanol–water partition coefficient (Wildman–Crippen LogP) is 7.32. The van der Waals surface area contributed by atoms with Crippen LogP contribution in [-0.2, 0) is 0 Å². The molecule has 1 atom stereocenters. The minimum absolute atomic E-state index is 0.111. The predicted molar refractivity (Wildman–Crippen MR) is 134 cm³/mol. The minimum Gasteiger partial charge on any atom is -0.492 e. The monoisotopic (exact) mass is 433 g/mol. The van der Waals surface area contributed by atoms with Crippen LogP contribution in [0.3, 0.4) is 0 Å². The van der Waals surface area contributed by atoms with Gasteiger partial charge in [-0.2, -0.15) is 0 Å². The van der Waals surface area contributed by atoms with Crippen molar-refractivity contribution in [2.75, 3.05) is 26.2 Å². The van der Waals surface area contributed by atoms with E-state index in [1.807, 2.05) is 24.3 Å². The molecule has 3 heteroatoms. The Hall–Kier alpha value is -2.55. The zero-order chi connectivity index (χ0) is 21.9. The third-order valence-electron chi connectivity index (χ3n) is 5.50. The highest BCUT2D eigenvalue weighted by Crippen LogP contribution is 2.34. The topological polar surface area (TPSA) is 12.5 Å². The number of allylic oxidation sites excluding steroid dienone is 1. The maximum Gasteiger partial charge on any atom is 0.119 e. The number of ether oxygens (including phenoxy) is 1. The van der Waals surface area contributed by atoms with Crippen molar-refractivity contribution in [3.63, 3.8) is 0 Å². The van der Waals surface area contributed by atoms with Gasteiger partial charge in [-0.3, -0.25) is 0 Å². The molecule has 162 valence electrons. The maximum atomic E-state index is 6.86. The van der Waals surface area contributed by atoms with E-state index in [4.69, 9.17) is 16.3 Å². The van der Waals surface area contributed by atoms with Gasteiger partial charge in [0.1, 0.15) is 12.4 Å². The van der Waals surface area contributed by atoms with Gasteiger partial charge < -0.3 is 9.64 Å². The van der Waals surface area contributed by atoms with Crippen LogP contribution in [0.4, 0.5) is 0 Å². The van der Waals surface area contributed by atoms with Crippen LogP contribution in [0.5, 0.6) is 5.75 Å². The first-order chi connectivity index (χ1) is 15.2. The highest BCUT2D eigenvalue weighted by Gasteiger charge is 2.13. The first kappa shape index (κ1) is 23.1.